The van der Waals surface area contributed by atoms with E-state index in [9.17, 15) is 4.79 Å². The molecule has 0 radical (unpaired) electrons. The van der Waals surface area contributed by atoms with E-state index >= 15 is 0 Å². The molecule has 0 bridgehead atoms. The van der Waals surface area contributed by atoms with Crippen molar-refractivity contribution in [1.82, 2.24) is 5.32 Å². The van der Waals surface area contributed by atoms with Gasteiger partial charge in [0.25, 0.3) is 5.91 Å². The maximum absolute atomic E-state index is 11.8. The van der Waals surface area contributed by atoms with Crippen molar-refractivity contribution in [3.8, 4) is 0 Å². The van der Waals surface area contributed by atoms with E-state index in [0.29, 0.717) is 28.8 Å². The number of nitrogens with zero attached hydrogens (tertiary/aromatic N) is 1. The first-order chi connectivity index (χ1) is 13.4. The highest BCUT2D eigenvalue weighted by Gasteiger charge is 2.31. The Morgan fingerprint density at radius 3 is 2.39 bits per heavy atom. The maximum atomic E-state index is 11.8. The quantitative estimate of drug-likeness (QED) is 0.302. The minimum absolute atomic E-state index is 0.125. The van der Waals surface area contributed by atoms with Crippen LogP contribution < -0.4 is 22.1 Å². The number of amides is 1. The van der Waals surface area contributed by atoms with Gasteiger partial charge in [-0.2, -0.15) is 0 Å². The van der Waals surface area contributed by atoms with Crippen LogP contribution in [0.2, 0.25) is 5.02 Å². The molecule has 2 aliphatic rings. The zero-order chi connectivity index (χ0) is 20.1. The first-order valence-corrected chi connectivity index (χ1v) is 10.5. The fourth-order valence-corrected chi connectivity index (χ4v) is 3.95. The van der Waals surface area contributed by atoms with Crippen molar-refractivity contribution >= 4 is 29.0 Å². The number of rotatable bonds is 8. The van der Waals surface area contributed by atoms with Crippen LogP contribution in [0.15, 0.2) is 41.0 Å². The SMILES string of the molecule is C[C@H](NC1CCC([NH2+]/C=C(/C(N)=O)C(N)=Nc2ccc(Cl)cc2)CC1)C1CC1. The van der Waals surface area contributed by atoms with E-state index in [1.54, 1.807) is 30.5 Å². The van der Waals surface area contributed by atoms with Crippen molar-refractivity contribution in [3.63, 3.8) is 0 Å². The normalized spacial score (nSPS) is 24.8. The summed E-state index contributed by atoms with van der Waals surface area (Å²) >= 11 is 5.88. The number of primary amides is 1. The Balaban J connectivity index is 1.54. The van der Waals surface area contributed by atoms with Crippen molar-refractivity contribution in [2.24, 2.45) is 22.4 Å². The smallest absolute Gasteiger partial charge is 0.257 e. The van der Waals surface area contributed by atoms with Crippen molar-refractivity contribution in [2.45, 2.75) is 63.6 Å². The van der Waals surface area contributed by atoms with Gasteiger partial charge in [0.2, 0.25) is 0 Å². The van der Waals surface area contributed by atoms with Gasteiger partial charge in [-0.3, -0.25) is 4.79 Å². The van der Waals surface area contributed by atoms with Crippen LogP contribution in [-0.4, -0.2) is 29.9 Å². The number of carbonyl (C=O) groups excluding carboxylic acids is 1. The average Bonchev–Trinajstić information content (AvgIpc) is 3.50. The molecule has 0 heterocycles. The topological polar surface area (TPSA) is 110 Å². The highest BCUT2D eigenvalue weighted by atomic mass is 35.5. The van der Waals surface area contributed by atoms with Crippen molar-refractivity contribution in [3.05, 3.63) is 41.1 Å². The Hall–Kier alpha value is -1.89. The van der Waals surface area contributed by atoms with Gasteiger partial charge >= 0.3 is 0 Å². The van der Waals surface area contributed by atoms with Gasteiger partial charge in [0.05, 0.1) is 11.7 Å². The van der Waals surface area contributed by atoms with Crippen LogP contribution in [0.3, 0.4) is 0 Å². The zero-order valence-corrected chi connectivity index (χ0v) is 17.2. The number of aliphatic imine (C=N–C) groups is 1. The van der Waals surface area contributed by atoms with Crippen LogP contribution in [0.4, 0.5) is 5.69 Å². The summed E-state index contributed by atoms with van der Waals surface area (Å²) in [4.78, 5) is 16.1. The van der Waals surface area contributed by atoms with Crippen molar-refractivity contribution < 1.29 is 10.1 Å². The Morgan fingerprint density at radius 2 is 1.82 bits per heavy atom. The molecule has 152 valence electrons. The molecule has 28 heavy (non-hydrogen) atoms. The van der Waals surface area contributed by atoms with Gasteiger partial charge in [-0.05, 0) is 62.8 Å². The number of hydrogen-bond donors (Lipinski definition) is 4. The van der Waals surface area contributed by atoms with Crippen LogP contribution in [-0.2, 0) is 4.79 Å². The van der Waals surface area contributed by atoms with Gasteiger partial charge in [0.1, 0.15) is 17.6 Å². The summed E-state index contributed by atoms with van der Waals surface area (Å²) in [6.45, 7) is 2.31. The first-order valence-electron chi connectivity index (χ1n) is 10.1. The first kappa shape index (κ1) is 20.8. The molecule has 0 saturated heterocycles. The number of nitrogens with two attached hydrogens (primary N) is 3. The molecule has 7 N–H and O–H groups in total. The minimum Gasteiger partial charge on any atom is -0.383 e. The number of amidine groups is 1. The lowest BCUT2D eigenvalue weighted by Crippen LogP contribution is -2.85. The van der Waals surface area contributed by atoms with Gasteiger partial charge < -0.3 is 22.1 Å². The molecule has 2 saturated carbocycles. The number of nitrogens with one attached hydrogen (secondary N) is 1. The third-order valence-electron chi connectivity index (χ3n) is 5.75. The van der Waals surface area contributed by atoms with Crippen LogP contribution in [0.25, 0.3) is 0 Å². The molecule has 3 rings (SSSR count). The summed E-state index contributed by atoms with van der Waals surface area (Å²) < 4.78 is 0. The summed E-state index contributed by atoms with van der Waals surface area (Å²) in [5.74, 6) is 0.438. The second-order valence-electron chi connectivity index (χ2n) is 8.01. The second-order valence-corrected chi connectivity index (χ2v) is 8.45. The highest BCUT2D eigenvalue weighted by molar-refractivity contribution is 6.30. The molecular weight excluding hydrogens is 374 g/mol. The van der Waals surface area contributed by atoms with E-state index in [1.165, 1.54) is 12.8 Å². The summed E-state index contributed by atoms with van der Waals surface area (Å²) in [5, 5.41) is 6.46. The lowest BCUT2D eigenvalue weighted by Gasteiger charge is -2.29. The van der Waals surface area contributed by atoms with Crippen LogP contribution in [0.1, 0.15) is 45.4 Å². The van der Waals surface area contributed by atoms with Crippen LogP contribution >= 0.6 is 11.6 Å². The number of carbonyl (C=O) groups is 1. The summed E-state index contributed by atoms with van der Waals surface area (Å²) in [6.07, 6.45) is 9.01. The Morgan fingerprint density at radius 1 is 1.18 bits per heavy atom. The predicted molar refractivity (Wildman–Crippen MR) is 113 cm³/mol. The predicted octanol–water partition coefficient (Wildman–Crippen LogP) is 1.96. The van der Waals surface area contributed by atoms with Crippen LogP contribution in [0, 0.1) is 5.92 Å². The molecule has 0 unspecified atom stereocenters. The van der Waals surface area contributed by atoms with Gasteiger partial charge in [-0.15, -0.1) is 0 Å². The molecule has 0 aliphatic heterocycles. The average molecular weight is 405 g/mol. The van der Waals surface area contributed by atoms with E-state index in [2.05, 4.69) is 22.5 Å². The van der Waals surface area contributed by atoms with E-state index in [4.69, 9.17) is 23.1 Å². The maximum Gasteiger partial charge on any atom is 0.257 e. The molecule has 7 heteroatoms. The Kier molecular flexibility index (Phi) is 7.10. The number of hydrogen-bond acceptors (Lipinski definition) is 3. The van der Waals surface area contributed by atoms with Crippen molar-refractivity contribution in [2.75, 3.05) is 0 Å². The molecule has 1 amide bonds. The van der Waals surface area contributed by atoms with Crippen molar-refractivity contribution in [1.29, 1.82) is 0 Å². The fourth-order valence-electron chi connectivity index (χ4n) is 3.82. The van der Waals surface area contributed by atoms with E-state index in [-0.39, 0.29) is 11.4 Å². The molecule has 1 aromatic rings. The molecule has 1 aromatic carbocycles. The van der Waals surface area contributed by atoms with Gasteiger partial charge in [-0.1, -0.05) is 11.6 Å². The molecule has 6 nitrogen and oxygen atoms in total. The van der Waals surface area contributed by atoms with E-state index < -0.39 is 5.91 Å². The van der Waals surface area contributed by atoms with E-state index in [1.807, 2.05) is 0 Å². The highest BCUT2D eigenvalue weighted by Crippen LogP contribution is 2.33. The summed E-state index contributed by atoms with van der Waals surface area (Å²) in [5.41, 5.74) is 12.4. The third kappa shape index (κ3) is 6.06. The lowest BCUT2D eigenvalue weighted by molar-refractivity contribution is -0.630. The third-order valence-corrected chi connectivity index (χ3v) is 6.00. The zero-order valence-electron chi connectivity index (χ0n) is 16.4. The minimum atomic E-state index is -0.569. The number of quaternary nitrogens is 1. The molecule has 2 aliphatic carbocycles. The van der Waals surface area contributed by atoms with E-state index in [0.717, 1.165) is 31.6 Å². The summed E-state index contributed by atoms with van der Waals surface area (Å²) in [6, 6.07) is 8.62. The van der Waals surface area contributed by atoms with Gasteiger partial charge in [0, 0.05) is 29.9 Å². The monoisotopic (exact) mass is 404 g/mol. The number of benzene rings is 1. The summed E-state index contributed by atoms with van der Waals surface area (Å²) in [7, 11) is 0. The second kappa shape index (κ2) is 9.54. The molecule has 2 fully saturated rings. The molecule has 0 aromatic heterocycles. The largest absolute Gasteiger partial charge is 0.383 e. The van der Waals surface area contributed by atoms with Crippen LogP contribution in [0.5, 0.6) is 0 Å². The fraction of sp³-hybridized carbons (Fsp3) is 0.524. The molecule has 1 atom stereocenters. The number of halogens is 1. The van der Waals surface area contributed by atoms with Gasteiger partial charge in [-0.25, -0.2) is 4.99 Å². The molecule has 0 spiro atoms. The standard InChI is InChI=1S/C21H30ClN5O/c1-13(14-2-3-14)26-17-10-8-16(9-11-17)25-12-19(21(24)28)20(23)27-18-6-4-15(22)5-7-18/h4-7,12-14,16-17,25-26H,2-3,8-11H2,1H3,(H2,23,27)(H2,24,28)/p+1/b19-12+/t13-,16?,17?/m0/s1. The Labute approximate surface area is 171 Å². The van der Waals surface area contributed by atoms with Gasteiger partial charge in [0.15, 0.2) is 0 Å². The lowest BCUT2D eigenvalue weighted by atomic mass is 9.90. The Bertz CT molecular complexity index is 734. The molecular formula is C21H31ClN5O+.